The third-order valence-corrected chi connectivity index (χ3v) is 4.29. The second-order valence-electron chi connectivity index (χ2n) is 5.25. The van der Waals surface area contributed by atoms with E-state index in [1.807, 2.05) is 0 Å². The van der Waals surface area contributed by atoms with Crippen molar-refractivity contribution in [3.63, 3.8) is 0 Å². The molecule has 0 bridgehead atoms. The molecule has 1 aliphatic carbocycles. The van der Waals surface area contributed by atoms with Gasteiger partial charge in [-0.2, -0.15) is 0 Å². The Morgan fingerprint density at radius 1 is 1.00 bits per heavy atom. The van der Waals surface area contributed by atoms with Crippen LogP contribution in [0.2, 0.25) is 0 Å². The number of esters is 3. The van der Waals surface area contributed by atoms with Gasteiger partial charge >= 0.3 is 17.9 Å². The van der Waals surface area contributed by atoms with Gasteiger partial charge in [0.15, 0.2) is 18.3 Å². The zero-order chi connectivity index (χ0) is 15.8. The molecule has 1 saturated carbocycles. The van der Waals surface area contributed by atoms with Crippen molar-refractivity contribution in [3.8, 4) is 0 Å². The van der Waals surface area contributed by atoms with E-state index in [1.165, 1.54) is 20.8 Å². The lowest BCUT2D eigenvalue weighted by Gasteiger charge is -2.41. The highest BCUT2D eigenvalue weighted by molar-refractivity contribution is 9.09. The third-order valence-electron chi connectivity index (χ3n) is 3.45. The van der Waals surface area contributed by atoms with E-state index < -0.39 is 41.8 Å². The molecule has 0 radical (unpaired) electrons. The Labute approximate surface area is 130 Å². The van der Waals surface area contributed by atoms with Crippen LogP contribution in [0.1, 0.15) is 27.2 Å². The first-order valence-corrected chi connectivity index (χ1v) is 7.46. The highest BCUT2D eigenvalue weighted by Crippen LogP contribution is 2.47. The second kappa shape index (κ2) is 5.92. The monoisotopic (exact) mass is 364 g/mol. The van der Waals surface area contributed by atoms with Crippen molar-refractivity contribution in [2.24, 2.45) is 0 Å². The third kappa shape index (κ3) is 3.55. The van der Waals surface area contributed by atoms with Gasteiger partial charge in [-0.25, -0.2) is 0 Å². The molecule has 1 spiro atoms. The van der Waals surface area contributed by atoms with Gasteiger partial charge in [-0.3, -0.25) is 14.4 Å². The molecule has 0 aromatic rings. The maximum atomic E-state index is 11.4. The number of rotatable bonds is 3. The van der Waals surface area contributed by atoms with Crippen LogP contribution in [-0.4, -0.2) is 53.3 Å². The maximum Gasteiger partial charge on any atom is 0.303 e. The molecule has 0 aromatic heterocycles. The predicted octanol–water partition coefficient (Wildman–Crippen LogP) is 0.718. The van der Waals surface area contributed by atoms with Gasteiger partial charge in [0.1, 0.15) is 5.60 Å². The zero-order valence-corrected chi connectivity index (χ0v) is 13.5. The number of halogens is 1. The van der Waals surface area contributed by atoms with Gasteiger partial charge < -0.3 is 18.9 Å². The smallest absolute Gasteiger partial charge is 0.303 e. The number of ether oxygens (including phenoxy) is 4. The summed E-state index contributed by atoms with van der Waals surface area (Å²) in [7, 11) is 0. The number of alkyl halides is 1. The van der Waals surface area contributed by atoms with E-state index in [0.29, 0.717) is 13.0 Å². The van der Waals surface area contributed by atoms with E-state index in [9.17, 15) is 14.4 Å². The molecule has 21 heavy (non-hydrogen) atoms. The Kier molecular flexibility index (Phi) is 4.57. The van der Waals surface area contributed by atoms with Crippen LogP contribution in [0.25, 0.3) is 0 Å². The van der Waals surface area contributed by atoms with Crippen molar-refractivity contribution in [2.75, 3.05) is 6.61 Å². The normalized spacial score (nSPS) is 37.7. The van der Waals surface area contributed by atoms with Crippen molar-refractivity contribution in [2.45, 2.75) is 55.9 Å². The molecule has 7 nitrogen and oxygen atoms in total. The minimum Gasteiger partial charge on any atom is -0.457 e. The minimum atomic E-state index is -0.907. The van der Waals surface area contributed by atoms with Gasteiger partial charge in [-0.05, 0) is 6.42 Å². The van der Waals surface area contributed by atoms with Crippen molar-refractivity contribution in [3.05, 3.63) is 0 Å². The quantitative estimate of drug-likeness (QED) is 0.315. The van der Waals surface area contributed by atoms with Gasteiger partial charge in [-0.1, -0.05) is 15.9 Å². The summed E-state index contributed by atoms with van der Waals surface area (Å²) in [5, 5.41) is 0. The lowest BCUT2D eigenvalue weighted by atomic mass is 9.82. The van der Waals surface area contributed by atoms with E-state index in [-0.39, 0.29) is 4.83 Å². The fraction of sp³-hybridized carbons (Fsp3) is 0.769. The minimum absolute atomic E-state index is 0.264. The molecule has 0 unspecified atom stereocenters. The topological polar surface area (TPSA) is 91.4 Å². The molecule has 5 atom stereocenters. The SMILES string of the molecule is CC(=O)O[C@@H]1[C@@H](OC(C)=O)[C@H](OC(C)=O)[C@@]2(CO2)C[C@H]1Br. The van der Waals surface area contributed by atoms with Gasteiger partial charge in [0, 0.05) is 20.8 Å². The van der Waals surface area contributed by atoms with Crippen molar-refractivity contribution >= 4 is 33.8 Å². The van der Waals surface area contributed by atoms with Crippen molar-refractivity contribution in [1.29, 1.82) is 0 Å². The van der Waals surface area contributed by atoms with Crippen LogP contribution >= 0.6 is 15.9 Å². The summed E-state index contributed by atoms with van der Waals surface area (Å²) in [6, 6.07) is 0. The molecule has 1 aliphatic heterocycles. The zero-order valence-electron chi connectivity index (χ0n) is 12.0. The van der Waals surface area contributed by atoms with Crippen LogP contribution in [0.3, 0.4) is 0 Å². The summed E-state index contributed by atoms with van der Waals surface area (Å²) in [5.41, 5.74) is -0.684. The molecular weight excluding hydrogens is 348 g/mol. The Hall–Kier alpha value is -1.15. The van der Waals surface area contributed by atoms with Gasteiger partial charge in [0.25, 0.3) is 0 Å². The van der Waals surface area contributed by atoms with E-state index in [4.69, 9.17) is 18.9 Å². The first kappa shape index (κ1) is 16.2. The molecule has 1 heterocycles. The fourth-order valence-electron chi connectivity index (χ4n) is 2.62. The molecule has 2 rings (SSSR count). The Bertz CT molecular complexity index is 459. The van der Waals surface area contributed by atoms with Crippen molar-refractivity contribution < 1.29 is 33.3 Å². The Morgan fingerprint density at radius 3 is 1.90 bits per heavy atom. The fourth-order valence-corrected chi connectivity index (χ4v) is 3.58. The Morgan fingerprint density at radius 2 is 1.48 bits per heavy atom. The molecule has 0 amide bonds. The van der Waals surface area contributed by atoms with Crippen molar-refractivity contribution in [1.82, 2.24) is 0 Å². The summed E-state index contributed by atoms with van der Waals surface area (Å²) in [6.45, 7) is 4.18. The number of hydrogen-bond donors (Lipinski definition) is 0. The molecule has 8 heteroatoms. The van der Waals surface area contributed by atoms with E-state index in [0.717, 1.165) is 0 Å². The highest BCUT2D eigenvalue weighted by Gasteiger charge is 2.65. The molecular formula is C13H17BrO7. The highest BCUT2D eigenvalue weighted by atomic mass is 79.9. The van der Waals surface area contributed by atoms with Gasteiger partial charge in [0.2, 0.25) is 0 Å². The number of carbonyl (C=O) groups is 3. The molecule has 1 saturated heterocycles. The summed E-state index contributed by atoms with van der Waals surface area (Å²) < 4.78 is 21.2. The van der Waals surface area contributed by atoms with Crippen LogP contribution < -0.4 is 0 Å². The lowest BCUT2D eigenvalue weighted by molar-refractivity contribution is -0.196. The number of hydrogen-bond acceptors (Lipinski definition) is 7. The van der Waals surface area contributed by atoms with Crippen LogP contribution in [0, 0.1) is 0 Å². The first-order chi connectivity index (χ1) is 9.75. The van der Waals surface area contributed by atoms with Gasteiger partial charge in [-0.15, -0.1) is 0 Å². The summed E-state index contributed by atoms with van der Waals surface area (Å²) >= 11 is 3.43. The first-order valence-electron chi connectivity index (χ1n) is 6.55. The van der Waals surface area contributed by atoms with Crippen LogP contribution in [-0.2, 0) is 33.3 Å². The average Bonchev–Trinajstić information content (AvgIpc) is 3.08. The van der Waals surface area contributed by atoms with Crippen LogP contribution in [0.5, 0.6) is 0 Å². The largest absolute Gasteiger partial charge is 0.457 e. The molecule has 0 aromatic carbocycles. The Balaban J connectivity index is 2.29. The summed E-state index contributed by atoms with van der Waals surface area (Å²) in [5.74, 6) is -1.57. The van der Waals surface area contributed by atoms with Crippen LogP contribution in [0.4, 0.5) is 0 Å². The average molecular weight is 365 g/mol. The summed E-state index contributed by atoms with van der Waals surface area (Å²) in [6.07, 6.45) is -1.96. The van der Waals surface area contributed by atoms with Gasteiger partial charge in [0.05, 0.1) is 11.4 Å². The van der Waals surface area contributed by atoms with Crippen LogP contribution in [0.15, 0.2) is 0 Å². The predicted molar refractivity (Wildman–Crippen MR) is 72.7 cm³/mol. The molecule has 118 valence electrons. The van der Waals surface area contributed by atoms with E-state index >= 15 is 0 Å². The molecule has 0 N–H and O–H groups in total. The van der Waals surface area contributed by atoms with E-state index in [1.54, 1.807) is 0 Å². The maximum absolute atomic E-state index is 11.4. The number of carbonyl (C=O) groups excluding carboxylic acids is 3. The second-order valence-corrected chi connectivity index (χ2v) is 6.43. The standard InChI is InChI=1S/C13H17BrO7/c1-6(15)19-10-9(14)4-13(5-18-13)12(21-8(3)17)11(10)20-7(2)16/h9-12H,4-5H2,1-3H3/t9-,10+,11-,12+,13+/m1/s1. The summed E-state index contributed by atoms with van der Waals surface area (Å²) in [4.78, 5) is 33.7. The molecule has 2 fully saturated rings. The molecule has 2 aliphatic rings. The van der Waals surface area contributed by atoms with E-state index in [2.05, 4.69) is 15.9 Å². The number of epoxide rings is 1. The lowest BCUT2D eigenvalue weighted by Crippen LogP contribution is -2.60.